The van der Waals surface area contributed by atoms with Crippen LogP contribution in [0.4, 0.5) is 0 Å². The van der Waals surface area contributed by atoms with Crippen LogP contribution in [0, 0.1) is 17.8 Å². The van der Waals surface area contributed by atoms with Crippen molar-refractivity contribution in [2.24, 2.45) is 17.8 Å². The van der Waals surface area contributed by atoms with Crippen LogP contribution >= 0.6 is 0 Å². The Hall–Kier alpha value is -3.07. The minimum absolute atomic E-state index is 0.0744. The lowest BCUT2D eigenvalue weighted by Gasteiger charge is -2.32. The molecule has 14 heteroatoms. The molecule has 4 aliphatic carbocycles. The van der Waals surface area contributed by atoms with E-state index in [1.165, 1.54) is 40.5 Å². The second-order valence-corrected chi connectivity index (χ2v) is 21.8. The van der Waals surface area contributed by atoms with Crippen molar-refractivity contribution in [1.29, 1.82) is 0 Å². The Morgan fingerprint density at radius 1 is 1.04 bits per heavy atom. The summed E-state index contributed by atoms with van der Waals surface area (Å²) in [7, 11) is -5.72. The molecule has 4 bridgehead atoms. The van der Waals surface area contributed by atoms with Gasteiger partial charge in [0.2, 0.25) is 0 Å². The van der Waals surface area contributed by atoms with E-state index in [4.69, 9.17) is 9.72 Å². The minimum atomic E-state index is -4.38. The topological polar surface area (TPSA) is 155 Å². The third-order valence-corrected chi connectivity index (χ3v) is 12.8. The molecule has 7 rings (SSSR count). The van der Waals surface area contributed by atoms with Gasteiger partial charge in [0.1, 0.15) is 12.6 Å². The van der Waals surface area contributed by atoms with Crippen LogP contribution in [0.25, 0.3) is 11.2 Å². The van der Waals surface area contributed by atoms with Crippen LogP contribution in [-0.2, 0) is 40.1 Å². The first-order valence-electron chi connectivity index (χ1n) is 16.4. The summed E-state index contributed by atoms with van der Waals surface area (Å²) in [5.74, 6) is 2.25. The number of aromatic nitrogens is 4. The summed E-state index contributed by atoms with van der Waals surface area (Å²) in [5, 5.41) is 2.79. The number of rotatable bonds is 13. The molecular formula is C32H45N5O7SSi. The first kappa shape index (κ1) is 32.9. The van der Waals surface area contributed by atoms with Gasteiger partial charge in [0.05, 0.1) is 4.90 Å². The highest BCUT2D eigenvalue weighted by Gasteiger charge is 2.60. The molecule has 250 valence electrons. The van der Waals surface area contributed by atoms with Gasteiger partial charge < -0.3 is 10.1 Å². The van der Waals surface area contributed by atoms with Crippen molar-refractivity contribution >= 4 is 35.3 Å². The van der Waals surface area contributed by atoms with Crippen molar-refractivity contribution in [3.05, 3.63) is 56.5 Å². The summed E-state index contributed by atoms with van der Waals surface area (Å²) in [6, 6.07) is 5.92. The fourth-order valence-corrected chi connectivity index (χ4v) is 9.51. The Balaban J connectivity index is 1.37. The molecule has 4 fully saturated rings. The summed E-state index contributed by atoms with van der Waals surface area (Å²) in [6.45, 7) is 10.0. The summed E-state index contributed by atoms with van der Waals surface area (Å²) in [5.41, 5.74) is -0.0316. The average Bonchev–Trinajstić information content (AvgIpc) is 3.57. The van der Waals surface area contributed by atoms with Crippen LogP contribution in [0.15, 0.2) is 38.8 Å². The molecule has 1 amide bonds. The molecule has 4 saturated carbocycles. The number of hydrogen-bond acceptors (Lipinski definition) is 7. The van der Waals surface area contributed by atoms with Crippen molar-refractivity contribution in [2.45, 2.75) is 101 Å². The lowest BCUT2D eigenvalue weighted by molar-refractivity contribution is 0.0830. The zero-order chi connectivity index (χ0) is 33.0. The Labute approximate surface area is 269 Å². The number of imidazole rings is 1. The van der Waals surface area contributed by atoms with Gasteiger partial charge in [-0.2, -0.15) is 8.42 Å². The molecule has 12 nitrogen and oxygen atoms in total. The van der Waals surface area contributed by atoms with Crippen molar-refractivity contribution in [1.82, 2.24) is 24.0 Å². The second-order valence-electron chi connectivity index (χ2n) is 14.7. The lowest BCUT2D eigenvalue weighted by atomic mass is 9.75. The number of benzene rings is 1. The van der Waals surface area contributed by atoms with Gasteiger partial charge in [-0.1, -0.05) is 26.6 Å². The van der Waals surface area contributed by atoms with Crippen LogP contribution in [0.1, 0.15) is 61.6 Å². The summed E-state index contributed by atoms with van der Waals surface area (Å²) < 4.78 is 43.0. The number of carbonyl (C=O) groups is 1. The molecule has 2 N–H and O–H groups in total. The first-order valence-corrected chi connectivity index (χ1v) is 21.5. The van der Waals surface area contributed by atoms with Gasteiger partial charge in [0, 0.05) is 45.3 Å². The molecule has 2 atom stereocenters. The van der Waals surface area contributed by atoms with E-state index in [1.807, 2.05) is 11.5 Å². The standard InChI is InChI=1S/C32H45N5O7SSi/c1-5-11-36-29(39)26-27(35(31(36)40)12-10-33-28(38)23-6-8-25(9-7-23)45(41,42)43)34-30(37(26)20-44-13-14-46(2,3)4)32-18-21-15-22(19-32)17-24(32)16-21/h6-9,21-22,24H,5,10-20H2,1-4H3,(H,33,38)(H,41,42,43). The van der Waals surface area contributed by atoms with E-state index in [-0.39, 0.29) is 47.8 Å². The van der Waals surface area contributed by atoms with Crippen molar-refractivity contribution < 1.29 is 22.5 Å². The van der Waals surface area contributed by atoms with Crippen molar-refractivity contribution in [3.63, 3.8) is 0 Å². The predicted molar refractivity (Wildman–Crippen MR) is 176 cm³/mol. The highest BCUT2D eigenvalue weighted by Crippen LogP contribution is 2.65. The number of nitrogens with one attached hydrogen (secondary N) is 1. The molecule has 2 heterocycles. The van der Waals surface area contributed by atoms with Gasteiger partial charge in [-0.05, 0) is 86.6 Å². The molecule has 1 aromatic carbocycles. The number of ether oxygens (including phenoxy) is 1. The largest absolute Gasteiger partial charge is 0.361 e. The van der Waals surface area contributed by atoms with E-state index in [0.29, 0.717) is 41.9 Å². The second kappa shape index (κ2) is 12.2. The quantitative estimate of drug-likeness (QED) is 0.158. The smallest absolute Gasteiger partial charge is 0.332 e. The third kappa shape index (κ3) is 6.04. The van der Waals surface area contributed by atoms with Gasteiger partial charge in [-0.3, -0.25) is 27.8 Å². The summed E-state index contributed by atoms with van der Waals surface area (Å²) in [4.78, 5) is 45.6. The Bertz CT molecular complexity index is 1860. The lowest BCUT2D eigenvalue weighted by Crippen LogP contribution is -2.42. The summed E-state index contributed by atoms with van der Waals surface area (Å²) in [6.07, 6.45) is 6.32. The monoisotopic (exact) mass is 671 g/mol. The van der Waals surface area contributed by atoms with Crippen LogP contribution in [0.3, 0.4) is 0 Å². The van der Waals surface area contributed by atoms with E-state index < -0.39 is 29.8 Å². The maximum absolute atomic E-state index is 14.1. The first-order chi connectivity index (χ1) is 21.7. The highest BCUT2D eigenvalue weighted by molar-refractivity contribution is 7.85. The molecule has 0 aliphatic heterocycles. The number of carbonyl (C=O) groups excluding carboxylic acids is 1. The average molecular weight is 672 g/mol. The zero-order valence-corrected chi connectivity index (χ0v) is 28.9. The maximum atomic E-state index is 14.1. The van der Waals surface area contributed by atoms with Crippen LogP contribution in [-0.4, -0.2) is 58.8 Å². The highest BCUT2D eigenvalue weighted by atomic mass is 32.2. The van der Waals surface area contributed by atoms with E-state index in [1.54, 1.807) is 0 Å². The van der Waals surface area contributed by atoms with Gasteiger partial charge in [0.15, 0.2) is 11.2 Å². The normalized spacial score (nSPS) is 23.9. The van der Waals surface area contributed by atoms with Crippen molar-refractivity contribution in [2.75, 3.05) is 13.2 Å². The fraction of sp³-hybridized carbons (Fsp3) is 0.625. The van der Waals surface area contributed by atoms with Gasteiger partial charge >= 0.3 is 5.69 Å². The zero-order valence-electron chi connectivity index (χ0n) is 27.1. The minimum Gasteiger partial charge on any atom is -0.361 e. The molecule has 0 spiro atoms. The maximum Gasteiger partial charge on any atom is 0.332 e. The number of amides is 1. The van der Waals surface area contributed by atoms with E-state index in [2.05, 4.69) is 25.0 Å². The Morgan fingerprint density at radius 3 is 2.33 bits per heavy atom. The Kier molecular flexibility index (Phi) is 8.70. The summed E-state index contributed by atoms with van der Waals surface area (Å²) >= 11 is 0. The Morgan fingerprint density at radius 2 is 1.72 bits per heavy atom. The van der Waals surface area contributed by atoms with Gasteiger partial charge in [-0.25, -0.2) is 9.78 Å². The van der Waals surface area contributed by atoms with E-state index in [9.17, 15) is 27.4 Å². The molecule has 0 saturated heterocycles. The molecule has 2 aromatic heterocycles. The predicted octanol–water partition coefficient (Wildman–Crippen LogP) is 3.84. The number of fused-ring (bicyclic) bond motifs is 1. The van der Waals surface area contributed by atoms with E-state index >= 15 is 0 Å². The van der Waals surface area contributed by atoms with Crippen molar-refractivity contribution in [3.8, 4) is 0 Å². The molecule has 3 aromatic rings. The SMILES string of the molecule is CCCn1c(=O)c2c(nc(C34CC5CC(CC3C5)C4)n2COCC[Si](C)(C)C)n(CCNC(=O)c2ccc(S(=O)(=O)O)cc2)c1=O. The number of nitrogens with zero attached hydrogens (tertiary/aromatic N) is 4. The molecule has 4 aliphatic rings. The third-order valence-electron chi connectivity index (χ3n) is 10.2. The molecule has 0 radical (unpaired) electrons. The van der Waals surface area contributed by atoms with E-state index in [0.717, 1.165) is 36.8 Å². The van der Waals surface area contributed by atoms with Crippen LogP contribution in [0.2, 0.25) is 25.7 Å². The van der Waals surface area contributed by atoms with Crippen LogP contribution < -0.4 is 16.6 Å². The van der Waals surface area contributed by atoms with Gasteiger partial charge in [-0.15, -0.1) is 0 Å². The number of hydrogen-bond donors (Lipinski definition) is 2. The van der Waals surface area contributed by atoms with Gasteiger partial charge in [0.25, 0.3) is 21.6 Å². The molecular weight excluding hydrogens is 627 g/mol. The molecule has 46 heavy (non-hydrogen) atoms. The van der Waals surface area contributed by atoms with Crippen LogP contribution in [0.5, 0.6) is 0 Å². The fourth-order valence-electron chi connectivity index (χ4n) is 8.28. The molecule has 2 unspecified atom stereocenters.